The summed E-state index contributed by atoms with van der Waals surface area (Å²) in [5.41, 5.74) is 2.10. The van der Waals surface area contributed by atoms with Gasteiger partial charge in [0, 0.05) is 6.42 Å². The molecule has 1 rings (SSSR count). The number of hydrogen-bond acceptors (Lipinski definition) is 0. The number of alkyl halides is 3. The second-order valence-corrected chi connectivity index (χ2v) is 3.94. The third kappa shape index (κ3) is 5.19. The summed E-state index contributed by atoms with van der Waals surface area (Å²) in [6.07, 6.45) is -2.22. The van der Waals surface area contributed by atoms with Gasteiger partial charge < -0.3 is 0 Å². The Bertz CT molecular complexity index is 315. The highest BCUT2D eigenvalue weighted by Gasteiger charge is 2.25. The SMILES string of the molecule is [CH2]c1ccccc1CCCCCC(F)(F)F. The highest BCUT2D eigenvalue weighted by atomic mass is 19.4. The molecule has 0 bridgehead atoms. The van der Waals surface area contributed by atoms with E-state index in [1.54, 1.807) is 0 Å². The molecule has 1 aromatic carbocycles. The van der Waals surface area contributed by atoms with Crippen molar-refractivity contribution >= 4 is 0 Å². The van der Waals surface area contributed by atoms with Crippen LogP contribution in [0.2, 0.25) is 0 Å². The first kappa shape index (κ1) is 13.1. The predicted octanol–water partition coefficient (Wildman–Crippen LogP) is 4.53. The first-order valence-electron chi connectivity index (χ1n) is 5.45. The van der Waals surface area contributed by atoms with Crippen LogP contribution in [0.5, 0.6) is 0 Å². The molecule has 0 amide bonds. The van der Waals surface area contributed by atoms with E-state index >= 15 is 0 Å². The summed E-state index contributed by atoms with van der Waals surface area (Å²) in [5.74, 6) is 0. The summed E-state index contributed by atoms with van der Waals surface area (Å²) >= 11 is 0. The zero-order valence-corrected chi connectivity index (χ0v) is 9.19. The van der Waals surface area contributed by atoms with Gasteiger partial charge in [0.1, 0.15) is 0 Å². The van der Waals surface area contributed by atoms with Crippen LogP contribution in [0, 0.1) is 6.92 Å². The van der Waals surface area contributed by atoms with Crippen molar-refractivity contribution in [2.24, 2.45) is 0 Å². The number of rotatable bonds is 5. The molecule has 0 aliphatic rings. The van der Waals surface area contributed by atoms with Gasteiger partial charge in [-0.25, -0.2) is 0 Å². The van der Waals surface area contributed by atoms with Gasteiger partial charge in [0.05, 0.1) is 0 Å². The lowest BCUT2D eigenvalue weighted by molar-refractivity contribution is -0.135. The van der Waals surface area contributed by atoms with Gasteiger partial charge in [-0.2, -0.15) is 13.2 Å². The standard InChI is InChI=1S/C13H16F3/c1-11-7-4-5-9-12(11)8-3-2-6-10-13(14,15)16/h4-5,7,9H,1-3,6,8,10H2. The Balaban J connectivity index is 2.19. The summed E-state index contributed by atoms with van der Waals surface area (Å²) in [6, 6.07) is 7.74. The van der Waals surface area contributed by atoms with Gasteiger partial charge in [-0.05, 0) is 37.3 Å². The molecule has 0 N–H and O–H groups in total. The zero-order chi connectivity index (χ0) is 12.0. The van der Waals surface area contributed by atoms with E-state index in [4.69, 9.17) is 0 Å². The number of unbranched alkanes of at least 4 members (excludes halogenated alkanes) is 2. The van der Waals surface area contributed by atoms with E-state index in [0.29, 0.717) is 6.42 Å². The minimum atomic E-state index is -4.01. The van der Waals surface area contributed by atoms with Crippen molar-refractivity contribution < 1.29 is 13.2 Å². The molecule has 0 saturated carbocycles. The summed E-state index contributed by atoms with van der Waals surface area (Å²) in [7, 11) is 0. The fraction of sp³-hybridized carbons (Fsp3) is 0.462. The molecular weight excluding hydrogens is 213 g/mol. The molecule has 0 unspecified atom stereocenters. The van der Waals surface area contributed by atoms with E-state index in [1.807, 2.05) is 24.3 Å². The van der Waals surface area contributed by atoms with Gasteiger partial charge in [-0.3, -0.25) is 0 Å². The highest BCUT2D eigenvalue weighted by Crippen LogP contribution is 2.23. The van der Waals surface area contributed by atoms with Crippen molar-refractivity contribution in [1.29, 1.82) is 0 Å². The Morgan fingerprint density at radius 1 is 1.00 bits per heavy atom. The Kier molecular flexibility index (Phi) is 4.84. The Morgan fingerprint density at radius 3 is 2.31 bits per heavy atom. The Hall–Kier alpha value is -0.990. The number of benzene rings is 1. The zero-order valence-electron chi connectivity index (χ0n) is 9.19. The predicted molar refractivity (Wildman–Crippen MR) is 59.1 cm³/mol. The molecule has 0 aliphatic heterocycles. The topological polar surface area (TPSA) is 0 Å². The van der Waals surface area contributed by atoms with Crippen LogP contribution in [0.3, 0.4) is 0 Å². The largest absolute Gasteiger partial charge is 0.389 e. The summed E-state index contributed by atoms with van der Waals surface area (Å²) in [4.78, 5) is 0. The number of hydrogen-bond donors (Lipinski definition) is 0. The molecule has 3 heteroatoms. The van der Waals surface area contributed by atoms with Crippen LogP contribution >= 0.6 is 0 Å². The monoisotopic (exact) mass is 229 g/mol. The first-order chi connectivity index (χ1) is 7.49. The molecule has 89 valence electrons. The fourth-order valence-corrected chi connectivity index (χ4v) is 1.62. The molecule has 0 nitrogen and oxygen atoms in total. The smallest absolute Gasteiger partial charge is 0.171 e. The van der Waals surface area contributed by atoms with Crippen LogP contribution in [0.15, 0.2) is 24.3 Å². The average Bonchev–Trinajstić information content (AvgIpc) is 2.18. The van der Waals surface area contributed by atoms with E-state index < -0.39 is 12.6 Å². The summed E-state index contributed by atoms with van der Waals surface area (Å²) < 4.78 is 35.6. The van der Waals surface area contributed by atoms with Crippen LogP contribution in [-0.2, 0) is 6.42 Å². The van der Waals surface area contributed by atoms with Gasteiger partial charge in [-0.15, -0.1) is 0 Å². The molecule has 0 fully saturated rings. The van der Waals surface area contributed by atoms with E-state index in [2.05, 4.69) is 6.92 Å². The van der Waals surface area contributed by atoms with Crippen LogP contribution in [0.1, 0.15) is 36.8 Å². The lowest BCUT2D eigenvalue weighted by Gasteiger charge is -2.07. The van der Waals surface area contributed by atoms with Crippen molar-refractivity contribution in [3.8, 4) is 0 Å². The van der Waals surface area contributed by atoms with Gasteiger partial charge in [0.25, 0.3) is 0 Å². The Labute approximate surface area is 94.5 Å². The summed E-state index contributed by atoms with van der Waals surface area (Å²) in [5, 5.41) is 0. The van der Waals surface area contributed by atoms with Crippen LogP contribution in [0.4, 0.5) is 13.2 Å². The number of aryl methyl sites for hydroxylation is 1. The number of halogens is 3. The second-order valence-electron chi connectivity index (χ2n) is 3.94. The van der Waals surface area contributed by atoms with Gasteiger partial charge in [0.2, 0.25) is 0 Å². The molecule has 1 aromatic rings. The molecular formula is C13H16F3. The highest BCUT2D eigenvalue weighted by molar-refractivity contribution is 5.29. The van der Waals surface area contributed by atoms with E-state index in [-0.39, 0.29) is 6.42 Å². The molecule has 0 heterocycles. The first-order valence-corrected chi connectivity index (χ1v) is 5.45. The lowest BCUT2D eigenvalue weighted by Crippen LogP contribution is -2.06. The third-order valence-corrected chi connectivity index (χ3v) is 2.52. The molecule has 0 aliphatic carbocycles. The average molecular weight is 229 g/mol. The third-order valence-electron chi connectivity index (χ3n) is 2.52. The maximum Gasteiger partial charge on any atom is 0.389 e. The summed E-state index contributed by atoms with van der Waals surface area (Å²) in [6.45, 7) is 3.88. The molecule has 0 spiro atoms. The normalized spacial score (nSPS) is 11.8. The minimum absolute atomic E-state index is 0.225. The van der Waals surface area contributed by atoms with Crippen LogP contribution in [0.25, 0.3) is 0 Å². The van der Waals surface area contributed by atoms with Crippen LogP contribution < -0.4 is 0 Å². The maximum atomic E-state index is 11.9. The van der Waals surface area contributed by atoms with E-state index in [0.717, 1.165) is 24.0 Å². The molecule has 0 atom stereocenters. The van der Waals surface area contributed by atoms with Crippen molar-refractivity contribution in [3.05, 3.63) is 42.3 Å². The van der Waals surface area contributed by atoms with Gasteiger partial charge in [-0.1, -0.05) is 30.7 Å². The Morgan fingerprint density at radius 2 is 1.69 bits per heavy atom. The lowest BCUT2D eigenvalue weighted by atomic mass is 10.0. The molecule has 0 saturated heterocycles. The van der Waals surface area contributed by atoms with Crippen molar-refractivity contribution in [1.82, 2.24) is 0 Å². The molecule has 1 radical (unpaired) electrons. The van der Waals surface area contributed by atoms with Gasteiger partial charge >= 0.3 is 6.18 Å². The van der Waals surface area contributed by atoms with E-state index in [1.165, 1.54) is 0 Å². The molecule has 0 aromatic heterocycles. The fourth-order valence-electron chi connectivity index (χ4n) is 1.62. The van der Waals surface area contributed by atoms with Crippen LogP contribution in [-0.4, -0.2) is 6.18 Å². The van der Waals surface area contributed by atoms with E-state index in [9.17, 15) is 13.2 Å². The van der Waals surface area contributed by atoms with Gasteiger partial charge in [0.15, 0.2) is 0 Å². The quantitative estimate of drug-likeness (QED) is 0.650. The van der Waals surface area contributed by atoms with Crippen molar-refractivity contribution in [2.45, 2.75) is 38.3 Å². The van der Waals surface area contributed by atoms with Crippen molar-refractivity contribution in [2.75, 3.05) is 0 Å². The minimum Gasteiger partial charge on any atom is -0.171 e. The molecule has 16 heavy (non-hydrogen) atoms. The maximum absolute atomic E-state index is 11.9. The van der Waals surface area contributed by atoms with Crippen molar-refractivity contribution in [3.63, 3.8) is 0 Å². The second kappa shape index (κ2) is 5.92.